The highest BCUT2D eigenvalue weighted by molar-refractivity contribution is 6.09. The van der Waals surface area contributed by atoms with Crippen LogP contribution < -0.4 is 19.3 Å². The Morgan fingerprint density at radius 3 is 2.42 bits per heavy atom. The molecule has 1 saturated heterocycles. The molecule has 9 nitrogen and oxygen atoms in total. The van der Waals surface area contributed by atoms with E-state index in [-0.39, 0.29) is 18.2 Å². The zero-order valence-corrected chi connectivity index (χ0v) is 26.8. The number of carbonyl (C=O) groups excluding carboxylic acids is 1. The maximum atomic E-state index is 14.2. The van der Waals surface area contributed by atoms with E-state index in [0.717, 1.165) is 55.8 Å². The smallest absolute Gasteiger partial charge is 0.303 e. The van der Waals surface area contributed by atoms with Gasteiger partial charge in [0.05, 0.1) is 43.5 Å². The number of aliphatic carboxylic acids is 1. The van der Waals surface area contributed by atoms with Crippen molar-refractivity contribution in [1.82, 2.24) is 4.98 Å². The number of methoxy groups -OCH3 is 2. The van der Waals surface area contributed by atoms with E-state index in [2.05, 4.69) is 9.88 Å². The summed E-state index contributed by atoms with van der Waals surface area (Å²) in [4.78, 5) is 34.1. The van der Waals surface area contributed by atoms with Crippen LogP contribution in [0.2, 0.25) is 0 Å². The van der Waals surface area contributed by atoms with Gasteiger partial charge >= 0.3 is 5.97 Å². The van der Waals surface area contributed by atoms with E-state index in [1.165, 1.54) is 0 Å². The summed E-state index contributed by atoms with van der Waals surface area (Å²) in [6, 6.07) is 19.1. The normalized spacial score (nSPS) is 16.2. The molecule has 0 spiro atoms. The number of rotatable bonds is 14. The highest BCUT2D eigenvalue weighted by atomic mass is 16.5. The maximum absolute atomic E-state index is 14.2. The minimum absolute atomic E-state index is 0.0447. The van der Waals surface area contributed by atoms with Gasteiger partial charge in [-0.2, -0.15) is 0 Å². The maximum Gasteiger partial charge on any atom is 0.303 e. The number of amides is 1. The van der Waals surface area contributed by atoms with Gasteiger partial charge in [-0.3, -0.25) is 14.5 Å². The highest BCUT2D eigenvalue weighted by Crippen LogP contribution is 2.45. The number of benzene rings is 2. The fourth-order valence-corrected chi connectivity index (χ4v) is 6.07. The van der Waals surface area contributed by atoms with Gasteiger partial charge in [0.1, 0.15) is 17.3 Å². The molecule has 9 heteroatoms. The van der Waals surface area contributed by atoms with Crippen LogP contribution in [0, 0.1) is 11.8 Å². The van der Waals surface area contributed by atoms with Crippen LogP contribution in [0.3, 0.4) is 0 Å². The molecule has 1 atom stereocenters. The SMILES string of the molecule is COc1ccc(C(=O)N(CC(C)(C)OC)c2ccccn2)c(N2CCC(COc3cccc(C(CC(=O)O)C4CC4)c3)CC2)c1. The van der Waals surface area contributed by atoms with Gasteiger partial charge in [0.2, 0.25) is 0 Å². The van der Waals surface area contributed by atoms with Crippen molar-refractivity contribution in [3.63, 3.8) is 0 Å². The summed E-state index contributed by atoms with van der Waals surface area (Å²) in [7, 11) is 3.28. The lowest BCUT2D eigenvalue weighted by Gasteiger charge is -2.36. The number of carbonyl (C=O) groups is 2. The number of nitrogens with zero attached hydrogens (tertiary/aromatic N) is 3. The largest absolute Gasteiger partial charge is 0.497 e. The van der Waals surface area contributed by atoms with Crippen molar-refractivity contribution in [1.29, 1.82) is 0 Å². The van der Waals surface area contributed by atoms with Gasteiger partial charge in [-0.1, -0.05) is 18.2 Å². The van der Waals surface area contributed by atoms with Crippen molar-refractivity contribution in [3.8, 4) is 11.5 Å². The molecule has 1 aliphatic heterocycles. The predicted octanol–water partition coefficient (Wildman–Crippen LogP) is 6.43. The third-order valence-electron chi connectivity index (χ3n) is 9.01. The van der Waals surface area contributed by atoms with Crippen LogP contribution in [-0.2, 0) is 9.53 Å². The van der Waals surface area contributed by atoms with Crippen molar-refractivity contribution in [2.75, 3.05) is 50.3 Å². The fourth-order valence-electron chi connectivity index (χ4n) is 6.07. The van der Waals surface area contributed by atoms with Crippen molar-refractivity contribution in [2.24, 2.45) is 11.8 Å². The minimum atomic E-state index is -0.755. The first-order chi connectivity index (χ1) is 21.7. The molecule has 1 N–H and O–H groups in total. The topological polar surface area (TPSA) is 101 Å². The fraction of sp³-hybridized carbons (Fsp3) is 0.472. The molecule has 45 heavy (non-hydrogen) atoms. The van der Waals surface area contributed by atoms with Gasteiger partial charge < -0.3 is 24.2 Å². The Morgan fingerprint density at radius 1 is 1.00 bits per heavy atom. The van der Waals surface area contributed by atoms with E-state index >= 15 is 0 Å². The molecule has 3 aromatic rings. The average Bonchev–Trinajstić information content (AvgIpc) is 3.91. The number of hydrogen-bond donors (Lipinski definition) is 1. The third kappa shape index (κ3) is 8.34. The molecular formula is C36H45N3O6. The monoisotopic (exact) mass is 615 g/mol. The lowest BCUT2D eigenvalue weighted by Crippen LogP contribution is -2.44. The van der Waals surface area contributed by atoms with Crippen LogP contribution in [0.25, 0.3) is 0 Å². The summed E-state index contributed by atoms with van der Waals surface area (Å²) >= 11 is 0. The number of carboxylic acids is 1. The van der Waals surface area contributed by atoms with Gasteiger partial charge in [0.25, 0.3) is 5.91 Å². The molecule has 0 bridgehead atoms. The number of pyridine rings is 1. The molecule has 1 amide bonds. The third-order valence-corrected chi connectivity index (χ3v) is 9.01. The van der Waals surface area contributed by atoms with E-state index in [0.29, 0.717) is 42.1 Å². The van der Waals surface area contributed by atoms with Crippen LogP contribution in [0.4, 0.5) is 11.5 Å². The number of hydrogen-bond acceptors (Lipinski definition) is 7. The number of piperidine rings is 1. The zero-order valence-electron chi connectivity index (χ0n) is 26.8. The zero-order chi connectivity index (χ0) is 32.0. The van der Waals surface area contributed by atoms with Gasteiger partial charge in [0.15, 0.2) is 0 Å². The molecule has 1 aliphatic carbocycles. The first kappa shape index (κ1) is 32.3. The van der Waals surface area contributed by atoms with E-state index in [4.69, 9.17) is 14.2 Å². The Labute approximate surface area is 266 Å². The van der Waals surface area contributed by atoms with Crippen LogP contribution in [-0.4, -0.2) is 68.0 Å². The Balaban J connectivity index is 1.27. The molecule has 2 heterocycles. The van der Waals surface area contributed by atoms with Gasteiger partial charge in [-0.05, 0) is 99.2 Å². The molecule has 2 fully saturated rings. The number of anilines is 2. The highest BCUT2D eigenvalue weighted by Gasteiger charge is 2.34. The molecule has 0 radical (unpaired) electrons. The number of ether oxygens (including phenoxy) is 3. The summed E-state index contributed by atoms with van der Waals surface area (Å²) in [6.07, 6.45) is 5.85. The van der Waals surface area contributed by atoms with Crippen LogP contribution >= 0.6 is 0 Å². The molecule has 240 valence electrons. The summed E-state index contributed by atoms with van der Waals surface area (Å²) in [6.45, 7) is 6.39. The second-order valence-corrected chi connectivity index (χ2v) is 12.8. The molecule has 1 saturated carbocycles. The molecule has 1 aromatic heterocycles. The quantitative estimate of drug-likeness (QED) is 0.222. The van der Waals surface area contributed by atoms with E-state index < -0.39 is 11.6 Å². The van der Waals surface area contributed by atoms with E-state index in [1.54, 1.807) is 25.3 Å². The number of aromatic nitrogens is 1. The summed E-state index contributed by atoms with van der Waals surface area (Å²) in [5.74, 6) is 2.02. The molecular weight excluding hydrogens is 570 g/mol. The lowest BCUT2D eigenvalue weighted by molar-refractivity contribution is -0.137. The van der Waals surface area contributed by atoms with Crippen LogP contribution in [0.15, 0.2) is 66.9 Å². The summed E-state index contributed by atoms with van der Waals surface area (Å²) in [5.41, 5.74) is 1.90. The van der Waals surface area contributed by atoms with E-state index in [9.17, 15) is 14.7 Å². The summed E-state index contributed by atoms with van der Waals surface area (Å²) in [5, 5.41) is 9.41. The second kappa shape index (κ2) is 14.3. The van der Waals surface area contributed by atoms with Crippen LogP contribution in [0.1, 0.15) is 67.8 Å². The molecule has 1 unspecified atom stereocenters. The minimum Gasteiger partial charge on any atom is -0.497 e. The molecule has 5 rings (SSSR count). The Bertz CT molecular complexity index is 1450. The van der Waals surface area contributed by atoms with Crippen molar-refractivity contribution >= 4 is 23.4 Å². The standard InChI is InChI=1S/C36H45N3O6/c1-36(2,44-4)24-39(33-10-5-6-17-37-33)35(42)30-14-13-28(43-3)21-32(30)38-18-15-25(16-19-38)23-45-29-9-7-8-27(20-29)31(22-34(40)41)26-11-12-26/h5-10,13-14,17,20-21,25-26,31H,11-12,15-16,18-19,22-24H2,1-4H3,(H,40,41). The molecule has 2 aliphatic rings. The average molecular weight is 616 g/mol. The lowest BCUT2D eigenvalue weighted by atomic mass is 9.91. The van der Waals surface area contributed by atoms with Gasteiger partial charge in [0, 0.05) is 32.5 Å². The predicted molar refractivity (Wildman–Crippen MR) is 175 cm³/mol. The first-order valence-electron chi connectivity index (χ1n) is 15.8. The Morgan fingerprint density at radius 2 is 1.78 bits per heavy atom. The Hall–Kier alpha value is -4.11. The van der Waals surface area contributed by atoms with Crippen molar-refractivity contribution in [2.45, 2.75) is 57.5 Å². The summed E-state index contributed by atoms with van der Waals surface area (Å²) < 4.78 is 17.5. The van der Waals surface area contributed by atoms with Gasteiger partial charge in [-0.25, -0.2) is 4.98 Å². The van der Waals surface area contributed by atoms with Gasteiger partial charge in [-0.15, -0.1) is 0 Å². The molecule has 2 aromatic carbocycles. The van der Waals surface area contributed by atoms with Crippen molar-refractivity contribution < 1.29 is 28.9 Å². The van der Waals surface area contributed by atoms with Crippen molar-refractivity contribution in [3.05, 3.63) is 78.0 Å². The second-order valence-electron chi connectivity index (χ2n) is 12.8. The van der Waals surface area contributed by atoms with E-state index in [1.807, 2.05) is 74.5 Å². The number of carboxylic acid groups (broad SMARTS) is 1. The first-order valence-corrected chi connectivity index (χ1v) is 15.8. The Kier molecular flexibility index (Phi) is 10.3. The van der Waals surface area contributed by atoms with Crippen LogP contribution in [0.5, 0.6) is 11.5 Å².